The minimum absolute atomic E-state index is 0.00229. The van der Waals surface area contributed by atoms with E-state index in [9.17, 15) is 14.7 Å². The summed E-state index contributed by atoms with van der Waals surface area (Å²) in [6.45, 7) is 3.95. The van der Waals surface area contributed by atoms with Crippen molar-refractivity contribution in [3.63, 3.8) is 0 Å². The van der Waals surface area contributed by atoms with Crippen LogP contribution in [-0.4, -0.2) is 29.7 Å². The number of aliphatic hydroxyl groups excluding tert-OH is 1. The topological polar surface area (TPSA) is 85.3 Å². The summed E-state index contributed by atoms with van der Waals surface area (Å²) in [4.78, 5) is 28.0. The van der Waals surface area contributed by atoms with Crippen LogP contribution in [-0.2, 0) is 9.59 Å². The first kappa shape index (κ1) is 23.0. The summed E-state index contributed by atoms with van der Waals surface area (Å²) >= 11 is 3.38. The molecule has 2 aliphatic rings. The average molecular weight is 536 g/mol. The van der Waals surface area contributed by atoms with Crippen molar-refractivity contribution in [3.05, 3.63) is 87.9 Å². The normalized spacial score (nSPS) is 18.4. The van der Waals surface area contributed by atoms with Gasteiger partial charge in [-0.25, -0.2) is 0 Å². The summed E-state index contributed by atoms with van der Waals surface area (Å²) < 4.78 is 17.4. The van der Waals surface area contributed by atoms with Gasteiger partial charge >= 0.3 is 0 Å². The Bertz CT molecular complexity index is 1330. The van der Waals surface area contributed by atoms with Gasteiger partial charge in [0.2, 0.25) is 6.79 Å². The molecule has 5 rings (SSSR count). The molecule has 0 saturated carbocycles. The fourth-order valence-corrected chi connectivity index (χ4v) is 4.48. The SMILES string of the molecule is CC(C)Oc1ccc(C2/C(=C(\O)c3ccc(Br)cc3)C(=O)C(=O)N2c2ccc3c(c2)OCO3)cc1. The van der Waals surface area contributed by atoms with Gasteiger partial charge in [0.05, 0.1) is 17.7 Å². The van der Waals surface area contributed by atoms with Gasteiger partial charge in [-0.1, -0.05) is 40.2 Å². The summed E-state index contributed by atoms with van der Waals surface area (Å²) in [6, 6.07) is 18.3. The van der Waals surface area contributed by atoms with Gasteiger partial charge < -0.3 is 19.3 Å². The summed E-state index contributed by atoms with van der Waals surface area (Å²) in [5.41, 5.74) is 1.55. The Morgan fingerprint density at radius 2 is 1.69 bits per heavy atom. The lowest BCUT2D eigenvalue weighted by atomic mass is 9.95. The molecule has 35 heavy (non-hydrogen) atoms. The molecule has 7 nitrogen and oxygen atoms in total. The van der Waals surface area contributed by atoms with Gasteiger partial charge in [-0.3, -0.25) is 14.5 Å². The number of carbonyl (C=O) groups is 2. The average Bonchev–Trinajstić information content (AvgIpc) is 3.41. The van der Waals surface area contributed by atoms with Gasteiger partial charge in [0.25, 0.3) is 11.7 Å². The number of aliphatic hydroxyl groups is 1. The molecule has 0 bridgehead atoms. The molecule has 1 amide bonds. The number of benzene rings is 3. The van der Waals surface area contributed by atoms with Crippen molar-refractivity contribution in [1.82, 2.24) is 0 Å². The van der Waals surface area contributed by atoms with Gasteiger partial charge in [-0.15, -0.1) is 0 Å². The number of hydrogen-bond acceptors (Lipinski definition) is 6. The second-order valence-corrected chi connectivity index (χ2v) is 9.36. The van der Waals surface area contributed by atoms with E-state index in [0.29, 0.717) is 34.1 Å². The summed E-state index contributed by atoms with van der Waals surface area (Å²) in [5, 5.41) is 11.2. The van der Waals surface area contributed by atoms with Crippen molar-refractivity contribution >= 4 is 39.1 Å². The first-order chi connectivity index (χ1) is 16.8. The van der Waals surface area contributed by atoms with Crippen LogP contribution >= 0.6 is 15.9 Å². The highest BCUT2D eigenvalue weighted by Crippen LogP contribution is 2.45. The maximum absolute atomic E-state index is 13.3. The molecule has 1 N–H and O–H groups in total. The predicted molar refractivity (Wildman–Crippen MR) is 134 cm³/mol. The third-order valence-electron chi connectivity index (χ3n) is 5.76. The molecule has 0 radical (unpaired) electrons. The Labute approximate surface area is 210 Å². The zero-order chi connectivity index (χ0) is 24.7. The van der Waals surface area contributed by atoms with Crippen LogP contribution in [0.2, 0.25) is 0 Å². The number of ether oxygens (including phenoxy) is 3. The number of amides is 1. The van der Waals surface area contributed by atoms with Gasteiger partial charge in [0, 0.05) is 21.8 Å². The van der Waals surface area contributed by atoms with E-state index in [2.05, 4.69) is 15.9 Å². The maximum Gasteiger partial charge on any atom is 0.300 e. The molecule has 1 unspecified atom stereocenters. The Balaban J connectivity index is 1.66. The number of rotatable bonds is 5. The van der Waals surface area contributed by atoms with Crippen molar-refractivity contribution in [2.75, 3.05) is 11.7 Å². The number of hydrogen-bond donors (Lipinski definition) is 1. The smallest absolute Gasteiger partial charge is 0.300 e. The molecule has 2 heterocycles. The molecule has 1 atom stereocenters. The van der Waals surface area contributed by atoms with E-state index in [-0.39, 0.29) is 24.2 Å². The van der Waals surface area contributed by atoms with E-state index < -0.39 is 17.7 Å². The minimum Gasteiger partial charge on any atom is -0.507 e. The summed E-state index contributed by atoms with van der Waals surface area (Å²) in [6.07, 6.45) is -0.00229. The summed E-state index contributed by atoms with van der Waals surface area (Å²) in [5.74, 6) is -0.0439. The number of halogens is 1. The number of anilines is 1. The Morgan fingerprint density at radius 3 is 2.37 bits per heavy atom. The van der Waals surface area contributed by atoms with Gasteiger partial charge in [-0.05, 0) is 55.8 Å². The van der Waals surface area contributed by atoms with Crippen LogP contribution in [0, 0.1) is 0 Å². The van der Waals surface area contributed by atoms with Crippen molar-refractivity contribution in [1.29, 1.82) is 0 Å². The van der Waals surface area contributed by atoms with Crippen LogP contribution in [0.25, 0.3) is 5.76 Å². The second-order valence-electron chi connectivity index (χ2n) is 8.45. The van der Waals surface area contributed by atoms with E-state index in [4.69, 9.17) is 14.2 Å². The van der Waals surface area contributed by atoms with Crippen LogP contribution in [0.1, 0.15) is 31.0 Å². The van der Waals surface area contributed by atoms with Gasteiger partial charge in [0.15, 0.2) is 11.5 Å². The zero-order valence-corrected chi connectivity index (χ0v) is 20.6. The number of Topliss-reactive ketones (excluding diaryl/α,β-unsaturated/α-hetero) is 1. The third kappa shape index (κ3) is 4.25. The monoisotopic (exact) mass is 535 g/mol. The lowest BCUT2D eigenvalue weighted by Crippen LogP contribution is -2.29. The second kappa shape index (κ2) is 9.11. The third-order valence-corrected chi connectivity index (χ3v) is 6.29. The highest BCUT2D eigenvalue weighted by atomic mass is 79.9. The number of ketones is 1. The molecule has 0 aliphatic carbocycles. The Hall–Kier alpha value is -3.78. The van der Waals surface area contributed by atoms with Crippen LogP contribution in [0.3, 0.4) is 0 Å². The van der Waals surface area contributed by atoms with Crippen LogP contribution in [0.4, 0.5) is 5.69 Å². The van der Waals surface area contributed by atoms with Crippen molar-refractivity contribution in [2.45, 2.75) is 26.0 Å². The molecule has 1 saturated heterocycles. The lowest BCUT2D eigenvalue weighted by Gasteiger charge is -2.26. The van der Waals surface area contributed by atoms with E-state index >= 15 is 0 Å². The lowest BCUT2D eigenvalue weighted by molar-refractivity contribution is -0.132. The van der Waals surface area contributed by atoms with Crippen LogP contribution < -0.4 is 19.1 Å². The van der Waals surface area contributed by atoms with Crippen molar-refractivity contribution in [3.8, 4) is 17.2 Å². The molecule has 2 aliphatic heterocycles. The Morgan fingerprint density at radius 1 is 1.00 bits per heavy atom. The fourth-order valence-electron chi connectivity index (χ4n) is 4.21. The van der Waals surface area contributed by atoms with E-state index in [1.54, 1.807) is 66.7 Å². The number of carbonyl (C=O) groups excluding carboxylic acids is 2. The summed E-state index contributed by atoms with van der Waals surface area (Å²) in [7, 11) is 0. The number of nitrogens with zero attached hydrogens (tertiary/aromatic N) is 1. The van der Waals surface area contributed by atoms with E-state index in [1.807, 2.05) is 13.8 Å². The largest absolute Gasteiger partial charge is 0.507 e. The molecular weight excluding hydrogens is 514 g/mol. The molecule has 178 valence electrons. The molecular formula is C27H22BrNO6. The molecule has 1 fully saturated rings. The zero-order valence-electron chi connectivity index (χ0n) is 19.0. The standard InChI is InChI=1S/C27H22BrNO6/c1-15(2)35-20-10-5-16(6-11-20)24-23(25(30)17-3-7-18(28)8-4-17)26(31)27(32)29(24)19-9-12-21-22(13-19)34-14-33-21/h3-13,15,24,30H,14H2,1-2H3/b25-23+. The quantitative estimate of drug-likeness (QED) is 0.260. The van der Waals surface area contributed by atoms with Crippen molar-refractivity contribution in [2.24, 2.45) is 0 Å². The van der Waals surface area contributed by atoms with E-state index in [0.717, 1.165) is 4.47 Å². The van der Waals surface area contributed by atoms with Gasteiger partial charge in [0.1, 0.15) is 11.5 Å². The first-order valence-corrected chi connectivity index (χ1v) is 11.9. The molecule has 8 heteroatoms. The number of fused-ring (bicyclic) bond motifs is 1. The molecule has 0 spiro atoms. The highest BCUT2D eigenvalue weighted by Gasteiger charge is 2.47. The highest BCUT2D eigenvalue weighted by molar-refractivity contribution is 9.10. The molecule has 3 aromatic carbocycles. The van der Waals surface area contributed by atoms with Crippen LogP contribution in [0.5, 0.6) is 17.2 Å². The Kier molecular flexibility index (Phi) is 5.98. The maximum atomic E-state index is 13.3. The van der Waals surface area contributed by atoms with Gasteiger partial charge in [-0.2, -0.15) is 0 Å². The first-order valence-electron chi connectivity index (χ1n) is 11.1. The minimum atomic E-state index is -0.855. The van der Waals surface area contributed by atoms with Crippen molar-refractivity contribution < 1.29 is 28.9 Å². The fraction of sp³-hybridized carbons (Fsp3) is 0.185. The molecule has 0 aromatic heterocycles. The predicted octanol–water partition coefficient (Wildman–Crippen LogP) is 5.59. The molecule has 3 aromatic rings. The van der Waals surface area contributed by atoms with E-state index in [1.165, 1.54) is 4.90 Å². The van der Waals surface area contributed by atoms with Crippen LogP contribution in [0.15, 0.2) is 76.8 Å².